The first-order valence-corrected chi connectivity index (χ1v) is 9.10. The van der Waals surface area contributed by atoms with Crippen LogP contribution in [0, 0.1) is 6.92 Å². The molecule has 3 N–H and O–H groups in total. The number of β-amino-alcohol motifs (C(OH)–C–C–N with tert-alkyl or cyclic N) is 1. The molecule has 1 aliphatic rings. The molecular weight excluding hydrogens is 440 g/mol. The van der Waals surface area contributed by atoms with Crippen molar-refractivity contribution in [3.63, 3.8) is 0 Å². The molecular formula is C17H18BrF2N5O3. The summed E-state index contributed by atoms with van der Waals surface area (Å²) < 4.78 is 33.0. The van der Waals surface area contributed by atoms with Crippen molar-refractivity contribution in [1.82, 2.24) is 15.5 Å². The number of aliphatic hydroxyl groups excluding tert-OH is 1. The van der Waals surface area contributed by atoms with Crippen LogP contribution in [0.25, 0.3) is 0 Å². The monoisotopic (exact) mass is 457 g/mol. The first-order valence-electron chi connectivity index (χ1n) is 8.31. The quantitative estimate of drug-likeness (QED) is 0.552. The number of halogens is 3. The number of rotatable bonds is 7. The molecule has 0 amide bonds. The van der Waals surface area contributed by atoms with Gasteiger partial charge in [-0.1, -0.05) is 5.22 Å². The van der Waals surface area contributed by atoms with Gasteiger partial charge in [0.05, 0.1) is 41.7 Å². The molecule has 1 aromatic heterocycles. The van der Waals surface area contributed by atoms with Crippen molar-refractivity contribution in [3.05, 3.63) is 50.8 Å². The van der Waals surface area contributed by atoms with Crippen LogP contribution in [0.3, 0.4) is 0 Å². The van der Waals surface area contributed by atoms with E-state index in [1.165, 1.54) is 24.4 Å². The summed E-state index contributed by atoms with van der Waals surface area (Å²) in [4.78, 5) is 15.6. The molecule has 2 heterocycles. The molecule has 8 nitrogen and oxygen atoms in total. The van der Waals surface area contributed by atoms with Crippen molar-refractivity contribution < 1.29 is 23.4 Å². The Labute approximate surface area is 167 Å². The fourth-order valence-electron chi connectivity index (χ4n) is 2.95. The Morgan fingerprint density at radius 1 is 1.46 bits per heavy atom. The lowest BCUT2D eigenvalue weighted by Crippen LogP contribution is -2.33. The van der Waals surface area contributed by atoms with Crippen LogP contribution in [0.2, 0.25) is 0 Å². The summed E-state index contributed by atoms with van der Waals surface area (Å²) >= 11 is 3.30. The van der Waals surface area contributed by atoms with E-state index >= 15 is 0 Å². The average Bonchev–Trinajstić information content (AvgIpc) is 3.25. The minimum atomic E-state index is -2.88. The van der Waals surface area contributed by atoms with Gasteiger partial charge in [-0.3, -0.25) is 4.79 Å². The Hall–Kier alpha value is -2.37. The molecule has 0 spiro atoms. The van der Waals surface area contributed by atoms with E-state index in [1.807, 2.05) is 0 Å². The number of alkyl halides is 2. The largest absolute Gasteiger partial charge is 0.496 e. The molecule has 150 valence electrons. The standard InChI is InChI=1S/C17H18BrF2N5O3/c1-8-12(15(27)9-3-4-11(28-2)10(18)7-9)14(16(19)20)21-13(8)17-22-24-25(23-17)5-6-26/h3-4,7,16-17,21,23,26H,5-6H2,1-2H3. The summed E-state index contributed by atoms with van der Waals surface area (Å²) in [6, 6.07) is 4.63. The third-order valence-corrected chi connectivity index (χ3v) is 4.93. The number of aromatic nitrogens is 1. The number of methoxy groups -OCH3 is 1. The SMILES string of the molecule is COc1ccc(C(=O)c2c(C(F)F)[nH]c(C3N=NN(CCO)N3)c2C)cc1Br. The van der Waals surface area contributed by atoms with Gasteiger partial charge in [-0.25, -0.2) is 13.9 Å². The summed E-state index contributed by atoms with van der Waals surface area (Å²) in [6.45, 7) is 1.61. The van der Waals surface area contributed by atoms with E-state index in [9.17, 15) is 13.6 Å². The topological polar surface area (TPSA) is 102 Å². The number of ether oxygens (including phenoxy) is 1. The second kappa shape index (κ2) is 8.33. The summed E-state index contributed by atoms with van der Waals surface area (Å²) in [7, 11) is 1.49. The highest BCUT2D eigenvalue weighted by Gasteiger charge is 2.31. The van der Waals surface area contributed by atoms with Gasteiger partial charge in [0.25, 0.3) is 6.43 Å². The molecule has 0 aliphatic carbocycles. The highest BCUT2D eigenvalue weighted by atomic mass is 79.9. The number of ketones is 1. The number of H-pyrrole nitrogens is 1. The van der Waals surface area contributed by atoms with E-state index in [-0.39, 0.29) is 24.3 Å². The Bertz CT molecular complexity index is 918. The minimum absolute atomic E-state index is 0.0975. The molecule has 1 aliphatic heterocycles. The molecule has 0 bridgehead atoms. The molecule has 0 saturated carbocycles. The first kappa shape index (κ1) is 20.4. The number of carbonyl (C=O) groups excluding carboxylic acids is 1. The maximum absolute atomic E-state index is 13.6. The maximum Gasteiger partial charge on any atom is 0.278 e. The van der Waals surface area contributed by atoms with E-state index in [2.05, 4.69) is 36.7 Å². The number of hydrogen-bond donors (Lipinski definition) is 3. The molecule has 28 heavy (non-hydrogen) atoms. The third-order valence-electron chi connectivity index (χ3n) is 4.31. The molecule has 0 saturated heterocycles. The summed E-state index contributed by atoms with van der Waals surface area (Å²) in [5.74, 6) is -0.0162. The number of aromatic amines is 1. The van der Waals surface area contributed by atoms with Crippen molar-refractivity contribution in [2.45, 2.75) is 19.5 Å². The molecule has 3 rings (SSSR count). The molecule has 2 aromatic rings. The van der Waals surface area contributed by atoms with Crippen molar-refractivity contribution >= 4 is 21.7 Å². The molecule has 1 aromatic carbocycles. The van der Waals surface area contributed by atoms with Crippen LogP contribution in [0.1, 0.15) is 45.5 Å². The van der Waals surface area contributed by atoms with Gasteiger partial charge in [0, 0.05) is 5.56 Å². The summed E-state index contributed by atoms with van der Waals surface area (Å²) in [5.41, 5.74) is 3.21. The Morgan fingerprint density at radius 2 is 2.21 bits per heavy atom. The van der Waals surface area contributed by atoms with E-state index in [0.29, 0.717) is 21.5 Å². The Morgan fingerprint density at radius 3 is 2.82 bits per heavy atom. The van der Waals surface area contributed by atoms with E-state index < -0.39 is 24.1 Å². The highest BCUT2D eigenvalue weighted by molar-refractivity contribution is 9.10. The van der Waals surface area contributed by atoms with Crippen LogP contribution in [-0.2, 0) is 0 Å². The van der Waals surface area contributed by atoms with Crippen molar-refractivity contribution in [2.24, 2.45) is 10.3 Å². The number of carbonyl (C=O) groups is 1. The molecule has 1 atom stereocenters. The predicted molar refractivity (Wildman–Crippen MR) is 99.1 cm³/mol. The predicted octanol–water partition coefficient (Wildman–Crippen LogP) is 3.44. The number of aliphatic hydroxyl groups is 1. The van der Waals surface area contributed by atoms with Gasteiger partial charge in [-0.2, -0.15) is 5.43 Å². The van der Waals surface area contributed by atoms with Crippen LogP contribution in [0.5, 0.6) is 5.75 Å². The highest BCUT2D eigenvalue weighted by Crippen LogP contribution is 2.34. The molecule has 0 fully saturated rings. The van der Waals surface area contributed by atoms with E-state index in [0.717, 1.165) is 0 Å². The number of nitrogens with zero attached hydrogens (tertiary/aromatic N) is 3. The average molecular weight is 458 g/mol. The van der Waals surface area contributed by atoms with Crippen molar-refractivity contribution in [2.75, 3.05) is 20.3 Å². The van der Waals surface area contributed by atoms with Gasteiger partial charge < -0.3 is 14.8 Å². The lowest BCUT2D eigenvalue weighted by atomic mass is 9.99. The number of hydrogen-bond acceptors (Lipinski definition) is 7. The molecule has 11 heteroatoms. The van der Waals surface area contributed by atoms with Gasteiger partial charge in [0.2, 0.25) is 0 Å². The smallest absolute Gasteiger partial charge is 0.278 e. The van der Waals surface area contributed by atoms with Gasteiger partial charge in [0.15, 0.2) is 11.9 Å². The zero-order valence-corrected chi connectivity index (χ0v) is 16.6. The maximum atomic E-state index is 13.6. The third kappa shape index (κ3) is 3.77. The second-order valence-electron chi connectivity index (χ2n) is 6.01. The van der Waals surface area contributed by atoms with Crippen LogP contribution < -0.4 is 10.2 Å². The molecule has 0 radical (unpaired) electrons. The van der Waals surface area contributed by atoms with Crippen LogP contribution >= 0.6 is 15.9 Å². The van der Waals surface area contributed by atoms with Crippen LogP contribution in [0.15, 0.2) is 33.0 Å². The number of hydrazine groups is 1. The lowest BCUT2D eigenvalue weighted by Gasteiger charge is -2.13. The van der Waals surface area contributed by atoms with Crippen molar-refractivity contribution in [3.8, 4) is 5.75 Å². The molecule has 1 unspecified atom stereocenters. The second-order valence-corrected chi connectivity index (χ2v) is 6.87. The Balaban J connectivity index is 1.99. The van der Waals surface area contributed by atoms with Gasteiger partial charge in [0.1, 0.15) is 5.75 Å². The minimum Gasteiger partial charge on any atom is -0.496 e. The van der Waals surface area contributed by atoms with E-state index in [1.54, 1.807) is 13.0 Å². The van der Waals surface area contributed by atoms with Crippen LogP contribution in [-0.4, -0.2) is 41.3 Å². The first-order chi connectivity index (χ1) is 13.4. The fourth-order valence-corrected chi connectivity index (χ4v) is 3.49. The lowest BCUT2D eigenvalue weighted by molar-refractivity contribution is 0.102. The Kier molecular flexibility index (Phi) is 6.06. The van der Waals surface area contributed by atoms with E-state index in [4.69, 9.17) is 9.84 Å². The zero-order valence-electron chi connectivity index (χ0n) is 15.0. The van der Waals surface area contributed by atoms with Gasteiger partial charge in [-0.05, 0) is 46.6 Å². The van der Waals surface area contributed by atoms with Gasteiger partial charge in [-0.15, -0.1) is 5.11 Å². The number of benzene rings is 1. The summed E-state index contributed by atoms with van der Waals surface area (Å²) in [5, 5.41) is 18.1. The van der Waals surface area contributed by atoms with Crippen molar-refractivity contribution in [1.29, 1.82) is 0 Å². The zero-order chi connectivity index (χ0) is 20.4. The fraction of sp³-hybridized carbons (Fsp3) is 0.353. The number of nitrogens with one attached hydrogen (secondary N) is 2. The summed E-state index contributed by atoms with van der Waals surface area (Å²) in [6.07, 6.45) is -3.63. The van der Waals surface area contributed by atoms with Crippen LogP contribution in [0.4, 0.5) is 8.78 Å². The van der Waals surface area contributed by atoms with Gasteiger partial charge >= 0.3 is 0 Å². The normalized spacial score (nSPS) is 16.2.